The number of hydrogen-bond acceptors (Lipinski definition) is 7. The van der Waals surface area contributed by atoms with Gasteiger partial charge in [-0.1, -0.05) is 24.3 Å². The van der Waals surface area contributed by atoms with Crippen molar-refractivity contribution in [3.63, 3.8) is 0 Å². The van der Waals surface area contributed by atoms with E-state index in [0.717, 1.165) is 11.1 Å². The summed E-state index contributed by atoms with van der Waals surface area (Å²) in [4.78, 5) is 0. The molecule has 0 saturated heterocycles. The second-order valence-electron chi connectivity index (χ2n) is 8.46. The van der Waals surface area contributed by atoms with E-state index >= 15 is 0 Å². The van der Waals surface area contributed by atoms with Gasteiger partial charge in [-0.3, -0.25) is 0 Å². The first-order chi connectivity index (χ1) is 16.8. The number of phenols is 6. The van der Waals surface area contributed by atoms with Crippen molar-refractivity contribution in [3.05, 3.63) is 101 Å². The lowest BCUT2D eigenvalue weighted by atomic mass is 9.84. The minimum absolute atomic E-state index is 0.0456. The molecule has 2 atom stereocenters. The molecule has 0 unspecified atom stereocenters. The lowest BCUT2D eigenvalue weighted by Gasteiger charge is -2.21. The quantitative estimate of drug-likeness (QED) is 0.175. The van der Waals surface area contributed by atoms with E-state index in [-0.39, 0.29) is 34.5 Å². The third kappa shape index (κ3) is 4.39. The minimum Gasteiger partial charge on any atom is -0.508 e. The van der Waals surface area contributed by atoms with Gasteiger partial charge in [0.2, 0.25) is 0 Å². The molecule has 6 N–H and O–H groups in total. The number of ether oxygens (including phenoxy) is 1. The van der Waals surface area contributed by atoms with E-state index in [4.69, 9.17) is 4.74 Å². The van der Waals surface area contributed by atoms with Crippen LogP contribution in [0.5, 0.6) is 40.2 Å². The number of hydrogen-bond donors (Lipinski definition) is 6. The highest BCUT2D eigenvalue weighted by Crippen LogP contribution is 2.51. The Morgan fingerprint density at radius 1 is 0.543 bits per heavy atom. The van der Waals surface area contributed by atoms with Gasteiger partial charge >= 0.3 is 0 Å². The SMILES string of the molecule is Oc1cc(O)cc(/C=C/c2ccc3c(c2)[C@H](c2cc(O)cc(O)c2)[C@@H](c2ccc(O)c(O)c2)O3)c1. The van der Waals surface area contributed by atoms with Gasteiger partial charge in [-0.15, -0.1) is 0 Å². The summed E-state index contributed by atoms with van der Waals surface area (Å²) < 4.78 is 6.24. The molecule has 7 heteroatoms. The Labute approximate surface area is 200 Å². The maximum absolute atomic E-state index is 10.1. The molecule has 0 saturated carbocycles. The van der Waals surface area contributed by atoms with E-state index in [1.807, 2.05) is 24.3 Å². The number of phenolic OH excluding ortho intramolecular Hbond substituents is 6. The van der Waals surface area contributed by atoms with Gasteiger partial charge in [-0.05, 0) is 70.8 Å². The van der Waals surface area contributed by atoms with Crippen LogP contribution in [0.1, 0.15) is 39.8 Å². The van der Waals surface area contributed by atoms with E-state index in [0.29, 0.717) is 22.4 Å². The molecule has 0 spiro atoms. The Bertz CT molecular complexity index is 1420. The minimum atomic E-state index is -0.597. The van der Waals surface area contributed by atoms with Crippen molar-refractivity contribution in [2.45, 2.75) is 12.0 Å². The molecular formula is C28H22O7. The lowest BCUT2D eigenvalue weighted by molar-refractivity contribution is 0.221. The van der Waals surface area contributed by atoms with E-state index < -0.39 is 12.0 Å². The fourth-order valence-electron chi connectivity index (χ4n) is 4.43. The second kappa shape index (κ2) is 8.53. The van der Waals surface area contributed by atoms with Gasteiger partial charge in [0.25, 0.3) is 0 Å². The molecule has 4 aromatic carbocycles. The molecule has 5 rings (SSSR count). The summed E-state index contributed by atoms with van der Waals surface area (Å²) in [6.45, 7) is 0. The molecule has 0 radical (unpaired) electrons. The summed E-state index contributed by atoms with van der Waals surface area (Å²) in [6, 6.07) is 18.7. The molecule has 1 aliphatic rings. The van der Waals surface area contributed by atoms with Gasteiger partial charge in [-0.25, -0.2) is 0 Å². The fourth-order valence-corrected chi connectivity index (χ4v) is 4.43. The summed E-state index contributed by atoms with van der Waals surface area (Å²) >= 11 is 0. The molecule has 1 heterocycles. The third-order valence-corrected chi connectivity index (χ3v) is 5.93. The highest BCUT2D eigenvalue weighted by atomic mass is 16.5. The number of aromatic hydroxyl groups is 6. The molecule has 7 nitrogen and oxygen atoms in total. The zero-order valence-corrected chi connectivity index (χ0v) is 18.3. The van der Waals surface area contributed by atoms with Gasteiger partial charge < -0.3 is 35.4 Å². The molecule has 0 aromatic heterocycles. The van der Waals surface area contributed by atoms with Crippen LogP contribution in [0.4, 0.5) is 0 Å². The Morgan fingerprint density at radius 2 is 1.17 bits per heavy atom. The molecule has 35 heavy (non-hydrogen) atoms. The average molecular weight is 470 g/mol. The molecule has 4 aromatic rings. The molecule has 0 fully saturated rings. The van der Waals surface area contributed by atoms with Crippen molar-refractivity contribution in [1.29, 1.82) is 0 Å². The summed E-state index contributed by atoms with van der Waals surface area (Å²) in [5.74, 6) is -0.654. The molecule has 0 bridgehead atoms. The lowest BCUT2D eigenvalue weighted by Crippen LogP contribution is -2.11. The molecule has 0 aliphatic carbocycles. The van der Waals surface area contributed by atoms with Gasteiger partial charge in [0, 0.05) is 17.7 Å². The van der Waals surface area contributed by atoms with Crippen LogP contribution < -0.4 is 4.74 Å². The monoisotopic (exact) mass is 470 g/mol. The summed E-state index contributed by atoms with van der Waals surface area (Å²) in [7, 11) is 0. The van der Waals surface area contributed by atoms with E-state index in [1.165, 1.54) is 36.4 Å². The zero-order chi connectivity index (χ0) is 24.7. The largest absolute Gasteiger partial charge is 0.508 e. The van der Waals surface area contributed by atoms with Crippen molar-refractivity contribution in [3.8, 4) is 40.2 Å². The second-order valence-corrected chi connectivity index (χ2v) is 8.46. The van der Waals surface area contributed by atoms with E-state index in [9.17, 15) is 30.6 Å². The molecular weight excluding hydrogens is 448 g/mol. The average Bonchev–Trinajstić information content (AvgIpc) is 3.17. The first kappa shape index (κ1) is 22.0. The number of rotatable bonds is 4. The van der Waals surface area contributed by atoms with Gasteiger partial charge in [0.1, 0.15) is 34.9 Å². The molecule has 176 valence electrons. The van der Waals surface area contributed by atoms with Crippen molar-refractivity contribution in [2.24, 2.45) is 0 Å². The molecule has 0 amide bonds. The Morgan fingerprint density at radius 3 is 1.83 bits per heavy atom. The van der Waals surface area contributed by atoms with Crippen molar-refractivity contribution in [1.82, 2.24) is 0 Å². The van der Waals surface area contributed by atoms with Gasteiger partial charge in [0.05, 0.1) is 5.92 Å². The highest BCUT2D eigenvalue weighted by molar-refractivity contribution is 5.72. The van der Waals surface area contributed by atoms with Crippen molar-refractivity contribution >= 4 is 12.2 Å². The maximum atomic E-state index is 10.1. The predicted molar refractivity (Wildman–Crippen MR) is 130 cm³/mol. The smallest absolute Gasteiger partial charge is 0.157 e. The fraction of sp³-hybridized carbons (Fsp3) is 0.0714. The van der Waals surface area contributed by atoms with Crippen LogP contribution in [-0.2, 0) is 0 Å². The maximum Gasteiger partial charge on any atom is 0.157 e. The van der Waals surface area contributed by atoms with Crippen LogP contribution in [0.15, 0.2) is 72.8 Å². The standard InChI is InChI=1S/C28H22O7/c29-19-7-16(8-20(30)13-19)2-1-15-3-6-26-23(9-15)27(18-10-21(31)14-22(32)11-18)28(35-26)17-4-5-24(33)25(34)12-17/h1-14,27-34H/b2-1+/t27-,28+/m0/s1. The van der Waals surface area contributed by atoms with Gasteiger partial charge in [-0.2, -0.15) is 0 Å². The summed E-state index contributed by atoms with van der Waals surface area (Å²) in [6.07, 6.45) is 2.98. The Balaban J connectivity index is 1.58. The third-order valence-electron chi connectivity index (χ3n) is 5.93. The first-order valence-electron chi connectivity index (χ1n) is 10.8. The van der Waals surface area contributed by atoms with Gasteiger partial charge in [0.15, 0.2) is 11.5 Å². The van der Waals surface area contributed by atoms with Crippen molar-refractivity contribution < 1.29 is 35.4 Å². The predicted octanol–water partition coefficient (Wildman–Crippen LogP) is 5.36. The summed E-state index contributed by atoms with van der Waals surface area (Å²) in [5.41, 5.74) is 3.45. The van der Waals surface area contributed by atoms with E-state index in [1.54, 1.807) is 24.3 Å². The van der Waals surface area contributed by atoms with Crippen LogP contribution in [0, 0.1) is 0 Å². The summed E-state index contributed by atoms with van der Waals surface area (Å²) in [5, 5.41) is 59.5. The first-order valence-corrected chi connectivity index (χ1v) is 10.8. The van der Waals surface area contributed by atoms with E-state index in [2.05, 4.69) is 0 Å². The number of benzene rings is 4. The van der Waals surface area contributed by atoms with Crippen LogP contribution in [-0.4, -0.2) is 30.6 Å². The Kier molecular flexibility index (Phi) is 5.37. The normalized spacial score (nSPS) is 16.8. The van der Waals surface area contributed by atoms with Crippen LogP contribution >= 0.6 is 0 Å². The molecule has 1 aliphatic heterocycles. The Hall–Kier alpha value is -4.78. The van der Waals surface area contributed by atoms with Crippen LogP contribution in [0.2, 0.25) is 0 Å². The highest BCUT2D eigenvalue weighted by Gasteiger charge is 2.37. The zero-order valence-electron chi connectivity index (χ0n) is 18.3. The van der Waals surface area contributed by atoms with Crippen LogP contribution in [0.3, 0.4) is 0 Å². The number of fused-ring (bicyclic) bond motifs is 1. The van der Waals surface area contributed by atoms with Crippen molar-refractivity contribution in [2.75, 3.05) is 0 Å². The topological polar surface area (TPSA) is 131 Å². The van der Waals surface area contributed by atoms with Crippen LogP contribution in [0.25, 0.3) is 12.2 Å².